The van der Waals surface area contributed by atoms with Crippen molar-refractivity contribution in [2.45, 2.75) is 20.3 Å². The molecular formula is C19H20ClFO3. The van der Waals surface area contributed by atoms with Crippen LogP contribution < -0.4 is 9.47 Å². The molecular weight excluding hydrogens is 331 g/mol. The highest BCUT2D eigenvalue weighted by Gasteiger charge is 2.27. The fourth-order valence-corrected chi connectivity index (χ4v) is 2.10. The number of hydrogen-bond acceptors (Lipinski definition) is 3. The monoisotopic (exact) mass is 350 g/mol. The molecule has 0 spiro atoms. The van der Waals surface area contributed by atoms with E-state index in [0.29, 0.717) is 29.5 Å². The van der Waals surface area contributed by atoms with Gasteiger partial charge in [0.25, 0.3) is 0 Å². The summed E-state index contributed by atoms with van der Waals surface area (Å²) in [6, 6.07) is 12.7. The average Bonchev–Trinajstić information content (AvgIpc) is 2.55. The molecule has 0 atom stereocenters. The van der Waals surface area contributed by atoms with Crippen molar-refractivity contribution in [2.75, 3.05) is 13.2 Å². The third-order valence-electron chi connectivity index (χ3n) is 3.75. The van der Waals surface area contributed by atoms with Crippen LogP contribution in [0, 0.1) is 11.2 Å². The zero-order valence-electron chi connectivity index (χ0n) is 13.7. The Bertz CT molecular complexity index is 666. The highest BCUT2D eigenvalue weighted by atomic mass is 35.5. The normalized spacial score (nSPS) is 11.2. The smallest absolute Gasteiger partial charge is 0.175 e. The summed E-state index contributed by atoms with van der Waals surface area (Å²) in [6.07, 6.45) is 0.557. The van der Waals surface area contributed by atoms with Crippen molar-refractivity contribution in [3.63, 3.8) is 0 Å². The van der Waals surface area contributed by atoms with E-state index in [0.717, 1.165) is 0 Å². The van der Waals surface area contributed by atoms with Gasteiger partial charge >= 0.3 is 0 Å². The summed E-state index contributed by atoms with van der Waals surface area (Å²) >= 11 is 5.82. The molecule has 0 bridgehead atoms. The van der Waals surface area contributed by atoms with E-state index < -0.39 is 5.41 Å². The van der Waals surface area contributed by atoms with Gasteiger partial charge in [-0.05, 0) is 55.0 Å². The number of Topliss-reactive ketones (excluding diaryl/α,β-unsaturated/α-hetero) is 1. The van der Waals surface area contributed by atoms with E-state index in [4.69, 9.17) is 21.1 Å². The largest absolute Gasteiger partial charge is 0.494 e. The molecule has 0 N–H and O–H groups in total. The van der Waals surface area contributed by atoms with Gasteiger partial charge in [0, 0.05) is 10.4 Å². The number of rotatable bonds is 8. The Morgan fingerprint density at radius 2 is 1.54 bits per heavy atom. The number of hydrogen-bond donors (Lipinski definition) is 0. The summed E-state index contributed by atoms with van der Waals surface area (Å²) in [4.78, 5) is 12.3. The molecule has 0 saturated carbocycles. The molecule has 0 aromatic heterocycles. The second-order valence-corrected chi connectivity index (χ2v) is 6.54. The maximum atomic E-state index is 12.8. The molecule has 5 heteroatoms. The second-order valence-electron chi connectivity index (χ2n) is 6.10. The number of halogens is 2. The van der Waals surface area contributed by atoms with Gasteiger partial charge in [-0.1, -0.05) is 25.4 Å². The lowest BCUT2D eigenvalue weighted by Crippen LogP contribution is -2.31. The van der Waals surface area contributed by atoms with E-state index in [1.807, 2.05) is 13.8 Å². The molecule has 0 amide bonds. The Morgan fingerprint density at radius 3 is 2.17 bits per heavy atom. The van der Waals surface area contributed by atoms with Gasteiger partial charge in [-0.25, -0.2) is 4.39 Å². The summed E-state index contributed by atoms with van der Waals surface area (Å²) in [6.45, 7) is 4.07. The lowest BCUT2D eigenvalue weighted by molar-refractivity contribution is -0.129. The molecule has 2 rings (SSSR count). The van der Waals surface area contributed by atoms with E-state index in [2.05, 4.69) is 0 Å². The molecule has 0 fully saturated rings. The van der Waals surface area contributed by atoms with Gasteiger partial charge in [-0.2, -0.15) is 0 Å². The van der Waals surface area contributed by atoms with Gasteiger partial charge in [0.05, 0.1) is 6.61 Å². The van der Waals surface area contributed by atoms with Crippen LogP contribution in [-0.4, -0.2) is 19.0 Å². The summed E-state index contributed by atoms with van der Waals surface area (Å²) in [7, 11) is 0. The third kappa shape index (κ3) is 5.53. The van der Waals surface area contributed by atoms with Crippen molar-refractivity contribution in [3.8, 4) is 11.5 Å². The zero-order chi connectivity index (χ0) is 17.6. The summed E-state index contributed by atoms with van der Waals surface area (Å²) in [5, 5.41) is 0.649. The van der Waals surface area contributed by atoms with Crippen LogP contribution in [0.5, 0.6) is 11.5 Å². The minimum absolute atomic E-state index is 0.0356. The summed E-state index contributed by atoms with van der Waals surface area (Å²) in [5.74, 6) is 0.808. The highest BCUT2D eigenvalue weighted by molar-refractivity contribution is 6.30. The first-order chi connectivity index (χ1) is 11.4. The predicted octanol–water partition coefficient (Wildman–Crippen LogP) is 4.92. The molecule has 0 unspecified atom stereocenters. The Labute approximate surface area is 146 Å². The Balaban J connectivity index is 1.79. The average molecular weight is 351 g/mol. The van der Waals surface area contributed by atoms with Crippen LogP contribution in [0.15, 0.2) is 48.5 Å². The molecule has 2 aromatic rings. The van der Waals surface area contributed by atoms with E-state index >= 15 is 0 Å². The Kier molecular flexibility index (Phi) is 6.21. The molecule has 0 aliphatic carbocycles. The van der Waals surface area contributed by atoms with Gasteiger partial charge in [0.1, 0.15) is 23.9 Å². The van der Waals surface area contributed by atoms with Gasteiger partial charge < -0.3 is 9.47 Å². The molecule has 2 aromatic carbocycles. The maximum Gasteiger partial charge on any atom is 0.175 e. The second kappa shape index (κ2) is 8.15. The van der Waals surface area contributed by atoms with Crippen LogP contribution in [-0.2, 0) is 4.79 Å². The predicted molar refractivity (Wildman–Crippen MR) is 92.2 cm³/mol. The SMILES string of the molecule is CC(C)(CCOc1ccc(Cl)cc1)C(=O)COc1ccc(F)cc1. The van der Waals surface area contributed by atoms with Crippen LogP contribution >= 0.6 is 11.6 Å². The highest BCUT2D eigenvalue weighted by Crippen LogP contribution is 2.24. The van der Waals surface area contributed by atoms with Gasteiger partial charge in [-0.3, -0.25) is 4.79 Å². The number of carbonyl (C=O) groups excluding carboxylic acids is 1. The van der Waals surface area contributed by atoms with Crippen molar-refractivity contribution in [2.24, 2.45) is 5.41 Å². The van der Waals surface area contributed by atoms with Crippen molar-refractivity contribution < 1.29 is 18.7 Å². The van der Waals surface area contributed by atoms with Gasteiger partial charge in [0.2, 0.25) is 0 Å². The minimum atomic E-state index is -0.577. The van der Waals surface area contributed by atoms with E-state index in [9.17, 15) is 9.18 Å². The fourth-order valence-electron chi connectivity index (χ4n) is 1.97. The number of ether oxygens (including phenoxy) is 2. The number of ketones is 1. The van der Waals surface area contributed by atoms with Crippen LogP contribution in [0.4, 0.5) is 4.39 Å². The lowest BCUT2D eigenvalue weighted by Gasteiger charge is -2.23. The molecule has 3 nitrogen and oxygen atoms in total. The van der Waals surface area contributed by atoms with E-state index in [1.54, 1.807) is 24.3 Å². The number of benzene rings is 2. The first-order valence-electron chi connectivity index (χ1n) is 7.67. The summed E-state index contributed by atoms with van der Waals surface area (Å²) in [5.41, 5.74) is -0.577. The number of carbonyl (C=O) groups is 1. The summed E-state index contributed by atoms with van der Waals surface area (Å²) < 4.78 is 23.9. The van der Waals surface area contributed by atoms with Crippen LogP contribution in [0.25, 0.3) is 0 Å². The maximum absolute atomic E-state index is 12.8. The van der Waals surface area contributed by atoms with Crippen LogP contribution in [0.2, 0.25) is 5.02 Å². The molecule has 0 aliphatic rings. The topological polar surface area (TPSA) is 35.5 Å². The first kappa shape index (κ1) is 18.3. The van der Waals surface area contributed by atoms with Crippen LogP contribution in [0.3, 0.4) is 0 Å². The lowest BCUT2D eigenvalue weighted by atomic mass is 9.85. The van der Waals surface area contributed by atoms with Crippen molar-refractivity contribution >= 4 is 17.4 Å². The molecule has 0 radical (unpaired) electrons. The fraction of sp³-hybridized carbons (Fsp3) is 0.316. The van der Waals surface area contributed by atoms with Crippen molar-refractivity contribution in [3.05, 3.63) is 59.4 Å². The van der Waals surface area contributed by atoms with Crippen molar-refractivity contribution in [1.82, 2.24) is 0 Å². The molecule has 0 heterocycles. The van der Waals surface area contributed by atoms with Crippen LogP contribution in [0.1, 0.15) is 20.3 Å². The minimum Gasteiger partial charge on any atom is -0.494 e. The van der Waals surface area contributed by atoms with Gasteiger partial charge in [-0.15, -0.1) is 0 Å². The standard InChI is InChI=1S/C19H20ClFO3/c1-19(2,11-12-23-16-7-3-14(20)4-8-16)18(22)13-24-17-9-5-15(21)6-10-17/h3-10H,11-13H2,1-2H3. The molecule has 24 heavy (non-hydrogen) atoms. The molecule has 0 saturated heterocycles. The van der Waals surface area contributed by atoms with Gasteiger partial charge in [0.15, 0.2) is 5.78 Å². The molecule has 0 aliphatic heterocycles. The van der Waals surface area contributed by atoms with E-state index in [-0.39, 0.29) is 18.2 Å². The quantitative estimate of drug-likeness (QED) is 0.677. The van der Waals surface area contributed by atoms with E-state index in [1.165, 1.54) is 24.3 Å². The zero-order valence-corrected chi connectivity index (χ0v) is 14.5. The Hall–Kier alpha value is -2.07. The van der Waals surface area contributed by atoms with Crippen molar-refractivity contribution in [1.29, 1.82) is 0 Å². The third-order valence-corrected chi connectivity index (χ3v) is 4.00. The Morgan fingerprint density at radius 1 is 1.00 bits per heavy atom. The molecule has 128 valence electrons. The first-order valence-corrected chi connectivity index (χ1v) is 8.05.